The average molecular weight is 300 g/mol. The maximum atomic E-state index is 11.6. The van der Waals surface area contributed by atoms with Crippen molar-refractivity contribution in [2.75, 3.05) is 6.54 Å². The van der Waals surface area contributed by atoms with Crippen LogP contribution in [0.25, 0.3) is 0 Å². The number of nitrogens with one attached hydrogen (secondary N) is 1. The van der Waals surface area contributed by atoms with E-state index in [2.05, 4.69) is 21.2 Å². The number of hydrogen-bond donors (Lipinski definition) is 2. The van der Waals surface area contributed by atoms with Crippen molar-refractivity contribution in [1.82, 2.24) is 5.32 Å². The fourth-order valence-corrected chi connectivity index (χ4v) is 1.55. The molecule has 0 saturated carbocycles. The Morgan fingerprint density at radius 1 is 1.35 bits per heavy atom. The van der Waals surface area contributed by atoms with Crippen molar-refractivity contribution in [3.8, 4) is 5.75 Å². The van der Waals surface area contributed by atoms with Gasteiger partial charge in [0.05, 0.1) is 4.83 Å². The Morgan fingerprint density at radius 2 is 1.94 bits per heavy atom. The highest BCUT2D eigenvalue weighted by molar-refractivity contribution is 9.10. The first-order valence-electron chi connectivity index (χ1n) is 5.70. The van der Waals surface area contributed by atoms with Crippen LogP contribution in [0.5, 0.6) is 5.75 Å². The van der Waals surface area contributed by atoms with Gasteiger partial charge in [0.1, 0.15) is 5.75 Å². The number of carbonyl (C=O) groups is 1. The molecule has 2 N–H and O–H groups in total. The molecule has 0 aliphatic carbocycles. The maximum Gasteiger partial charge on any atom is 0.234 e. The Morgan fingerprint density at radius 3 is 2.47 bits per heavy atom. The SMILES string of the molecule is CC(C)C(Br)C(=O)NCCc1ccc(O)cc1. The molecule has 0 fully saturated rings. The van der Waals surface area contributed by atoms with Gasteiger partial charge in [-0.2, -0.15) is 0 Å². The maximum absolute atomic E-state index is 11.6. The van der Waals surface area contributed by atoms with E-state index in [1.165, 1.54) is 0 Å². The quantitative estimate of drug-likeness (QED) is 0.821. The van der Waals surface area contributed by atoms with Crippen LogP contribution in [0.3, 0.4) is 0 Å². The van der Waals surface area contributed by atoms with Crippen LogP contribution in [-0.4, -0.2) is 22.4 Å². The van der Waals surface area contributed by atoms with E-state index >= 15 is 0 Å². The molecule has 1 amide bonds. The topological polar surface area (TPSA) is 49.3 Å². The van der Waals surface area contributed by atoms with E-state index < -0.39 is 0 Å². The van der Waals surface area contributed by atoms with Gasteiger partial charge in [-0.15, -0.1) is 0 Å². The third kappa shape index (κ3) is 4.77. The number of aromatic hydroxyl groups is 1. The fourth-order valence-electron chi connectivity index (χ4n) is 1.39. The molecule has 0 aromatic heterocycles. The molecule has 1 aromatic carbocycles. The van der Waals surface area contributed by atoms with E-state index in [0.717, 1.165) is 12.0 Å². The average Bonchev–Trinajstić information content (AvgIpc) is 2.30. The van der Waals surface area contributed by atoms with E-state index in [4.69, 9.17) is 5.11 Å². The number of hydrogen-bond acceptors (Lipinski definition) is 2. The van der Waals surface area contributed by atoms with Crippen LogP contribution in [-0.2, 0) is 11.2 Å². The molecule has 17 heavy (non-hydrogen) atoms. The Bertz CT molecular complexity index is 362. The van der Waals surface area contributed by atoms with Crippen molar-refractivity contribution in [1.29, 1.82) is 0 Å². The first kappa shape index (κ1) is 14.0. The molecule has 1 rings (SSSR count). The van der Waals surface area contributed by atoms with Gasteiger partial charge in [-0.3, -0.25) is 4.79 Å². The molecule has 3 nitrogen and oxygen atoms in total. The largest absolute Gasteiger partial charge is 0.508 e. The first-order valence-corrected chi connectivity index (χ1v) is 6.62. The lowest BCUT2D eigenvalue weighted by Gasteiger charge is -2.13. The van der Waals surface area contributed by atoms with Gasteiger partial charge in [0.15, 0.2) is 0 Å². The van der Waals surface area contributed by atoms with Crippen LogP contribution in [0.15, 0.2) is 24.3 Å². The molecule has 0 bridgehead atoms. The van der Waals surface area contributed by atoms with Crippen molar-refractivity contribution in [2.45, 2.75) is 25.1 Å². The number of halogens is 1. The van der Waals surface area contributed by atoms with E-state index in [-0.39, 0.29) is 22.4 Å². The molecule has 0 aliphatic rings. The summed E-state index contributed by atoms with van der Waals surface area (Å²) < 4.78 is 0. The first-order chi connectivity index (χ1) is 8.00. The molecule has 0 heterocycles. The number of rotatable bonds is 5. The van der Waals surface area contributed by atoms with Crippen LogP contribution in [0.2, 0.25) is 0 Å². The summed E-state index contributed by atoms with van der Waals surface area (Å²) in [6.07, 6.45) is 0.768. The third-order valence-electron chi connectivity index (χ3n) is 2.49. The Balaban J connectivity index is 2.33. The highest BCUT2D eigenvalue weighted by atomic mass is 79.9. The summed E-state index contributed by atoms with van der Waals surface area (Å²) in [5.41, 5.74) is 1.10. The summed E-state index contributed by atoms with van der Waals surface area (Å²) in [7, 11) is 0. The molecule has 94 valence electrons. The minimum absolute atomic E-state index is 0.0266. The van der Waals surface area contributed by atoms with Gasteiger partial charge in [0.2, 0.25) is 5.91 Å². The van der Waals surface area contributed by atoms with Gasteiger partial charge < -0.3 is 10.4 Å². The van der Waals surface area contributed by atoms with Gasteiger partial charge in [-0.05, 0) is 30.0 Å². The minimum Gasteiger partial charge on any atom is -0.508 e. The van der Waals surface area contributed by atoms with Crippen molar-refractivity contribution in [3.63, 3.8) is 0 Å². The smallest absolute Gasteiger partial charge is 0.234 e. The second-order valence-electron chi connectivity index (χ2n) is 4.35. The summed E-state index contributed by atoms with van der Waals surface area (Å²) in [5, 5.41) is 12.0. The third-order valence-corrected chi connectivity index (χ3v) is 3.96. The molecule has 0 saturated heterocycles. The van der Waals surface area contributed by atoms with Crippen LogP contribution in [0.4, 0.5) is 0 Å². The highest BCUT2D eigenvalue weighted by Crippen LogP contribution is 2.12. The summed E-state index contributed by atoms with van der Waals surface area (Å²) in [6, 6.07) is 7.02. The summed E-state index contributed by atoms with van der Waals surface area (Å²) >= 11 is 3.36. The van der Waals surface area contributed by atoms with Gasteiger partial charge in [0.25, 0.3) is 0 Å². The standard InChI is InChI=1S/C13H18BrNO2/c1-9(2)12(14)13(17)15-8-7-10-3-5-11(16)6-4-10/h3-6,9,12,16H,7-8H2,1-2H3,(H,15,17). The Kier molecular flexibility index (Phi) is 5.48. The Labute approximate surface area is 110 Å². The molecule has 1 unspecified atom stereocenters. The second kappa shape index (κ2) is 6.64. The van der Waals surface area contributed by atoms with Crippen LogP contribution < -0.4 is 5.32 Å². The lowest BCUT2D eigenvalue weighted by molar-refractivity contribution is -0.121. The summed E-state index contributed by atoms with van der Waals surface area (Å²) in [4.78, 5) is 11.5. The second-order valence-corrected chi connectivity index (χ2v) is 5.34. The summed E-state index contributed by atoms with van der Waals surface area (Å²) in [5.74, 6) is 0.570. The number of alkyl halides is 1. The molecular formula is C13H18BrNO2. The van der Waals surface area contributed by atoms with Gasteiger partial charge in [-0.25, -0.2) is 0 Å². The number of amides is 1. The van der Waals surface area contributed by atoms with Gasteiger partial charge in [0, 0.05) is 6.54 Å². The van der Waals surface area contributed by atoms with E-state index in [0.29, 0.717) is 6.54 Å². The van der Waals surface area contributed by atoms with Crippen molar-refractivity contribution >= 4 is 21.8 Å². The lowest BCUT2D eigenvalue weighted by atomic mass is 10.1. The number of benzene rings is 1. The zero-order chi connectivity index (χ0) is 12.8. The van der Waals surface area contributed by atoms with Crippen molar-refractivity contribution in [3.05, 3.63) is 29.8 Å². The zero-order valence-corrected chi connectivity index (χ0v) is 11.7. The molecule has 0 spiro atoms. The summed E-state index contributed by atoms with van der Waals surface area (Å²) in [6.45, 7) is 4.61. The lowest BCUT2D eigenvalue weighted by Crippen LogP contribution is -2.35. The predicted octanol–water partition coefficient (Wildman–Crippen LogP) is 2.47. The molecule has 1 aromatic rings. The minimum atomic E-state index is -0.137. The molecule has 0 aliphatic heterocycles. The van der Waals surface area contributed by atoms with E-state index in [9.17, 15) is 4.79 Å². The van der Waals surface area contributed by atoms with E-state index in [1.807, 2.05) is 26.0 Å². The number of phenolic OH excluding ortho intramolecular Hbond substituents is 1. The van der Waals surface area contributed by atoms with Crippen LogP contribution in [0, 0.1) is 5.92 Å². The van der Waals surface area contributed by atoms with Crippen LogP contribution >= 0.6 is 15.9 Å². The fraction of sp³-hybridized carbons (Fsp3) is 0.462. The van der Waals surface area contributed by atoms with Crippen molar-refractivity contribution < 1.29 is 9.90 Å². The molecule has 4 heteroatoms. The zero-order valence-electron chi connectivity index (χ0n) is 10.1. The normalized spacial score (nSPS) is 12.5. The van der Waals surface area contributed by atoms with Gasteiger partial charge in [-0.1, -0.05) is 41.9 Å². The van der Waals surface area contributed by atoms with E-state index in [1.54, 1.807) is 12.1 Å². The van der Waals surface area contributed by atoms with Crippen LogP contribution in [0.1, 0.15) is 19.4 Å². The van der Waals surface area contributed by atoms with Crippen molar-refractivity contribution in [2.24, 2.45) is 5.92 Å². The number of phenols is 1. The highest BCUT2D eigenvalue weighted by Gasteiger charge is 2.17. The number of carbonyl (C=O) groups excluding carboxylic acids is 1. The van der Waals surface area contributed by atoms with Gasteiger partial charge >= 0.3 is 0 Å². The molecule has 1 atom stereocenters. The molecule has 0 radical (unpaired) electrons. The molecular weight excluding hydrogens is 282 g/mol. The Hall–Kier alpha value is -1.03. The monoisotopic (exact) mass is 299 g/mol. The predicted molar refractivity (Wildman–Crippen MR) is 72.4 cm³/mol.